The van der Waals surface area contributed by atoms with Gasteiger partial charge in [0.15, 0.2) is 0 Å². The predicted molar refractivity (Wildman–Crippen MR) is 142 cm³/mol. The summed E-state index contributed by atoms with van der Waals surface area (Å²) in [7, 11) is 1.62. The normalized spacial score (nSPS) is 11.0. The van der Waals surface area contributed by atoms with Crippen LogP contribution in [-0.2, 0) is 22.6 Å². The molecule has 0 spiro atoms. The Balaban J connectivity index is 1.45. The lowest BCUT2D eigenvalue weighted by atomic mass is 10.1. The van der Waals surface area contributed by atoms with Crippen molar-refractivity contribution in [1.82, 2.24) is 14.7 Å². The fraction of sp³-hybridized carbons (Fsp3) is 0.179. The van der Waals surface area contributed by atoms with E-state index in [1.807, 2.05) is 77.8 Å². The van der Waals surface area contributed by atoms with Crippen LogP contribution in [0.15, 0.2) is 84.4 Å². The molecule has 0 aliphatic heterocycles. The number of rotatable bonds is 9. The van der Waals surface area contributed by atoms with E-state index in [4.69, 9.17) is 5.10 Å². The van der Waals surface area contributed by atoms with Gasteiger partial charge in [0.2, 0.25) is 11.8 Å². The first-order valence-corrected chi connectivity index (χ1v) is 12.4. The van der Waals surface area contributed by atoms with Gasteiger partial charge in [-0.05, 0) is 41.1 Å². The van der Waals surface area contributed by atoms with Crippen molar-refractivity contribution in [3.05, 3.63) is 101 Å². The molecule has 35 heavy (non-hydrogen) atoms. The molecule has 2 amide bonds. The molecule has 4 aromatic rings. The first-order chi connectivity index (χ1) is 17.0. The first-order valence-electron chi connectivity index (χ1n) is 11.5. The number of carbonyl (C=O) groups excluding carboxylic acids is 2. The molecule has 0 aliphatic rings. The average molecular weight is 485 g/mol. The van der Waals surface area contributed by atoms with Crippen molar-refractivity contribution in [2.24, 2.45) is 0 Å². The average Bonchev–Trinajstić information content (AvgIpc) is 3.53. The number of hydrogen-bond acceptors (Lipinski definition) is 4. The zero-order chi connectivity index (χ0) is 24.6. The molecule has 0 fully saturated rings. The van der Waals surface area contributed by atoms with Gasteiger partial charge in [-0.1, -0.05) is 61.5 Å². The maximum Gasteiger partial charge on any atom is 0.246 e. The number of aryl methyl sites for hydroxylation is 1. The number of aromatic nitrogens is 2. The first kappa shape index (κ1) is 24.2. The van der Waals surface area contributed by atoms with Crippen molar-refractivity contribution in [1.29, 1.82) is 0 Å². The number of para-hydroxylation sites is 1. The number of nitrogens with one attached hydrogen (secondary N) is 1. The second-order valence-corrected chi connectivity index (χ2v) is 9.13. The number of amides is 2. The summed E-state index contributed by atoms with van der Waals surface area (Å²) in [5.74, 6) is -0.484. The molecule has 0 aliphatic carbocycles. The Hall–Kier alpha value is -3.97. The van der Waals surface area contributed by atoms with E-state index in [0.29, 0.717) is 6.54 Å². The summed E-state index contributed by atoms with van der Waals surface area (Å²) < 4.78 is 1.89. The maximum absolute atomic E-state index is 12.8. The summed E-state index contributed by atoms with van der Waals surface area (Å²) in [6.45, 7) is 2.64. The van der Waals surface area contributed by atoms with Gasteiger partial charge in [-0.15, -0.1) is 11.3 Å². The Morgan fingerprint density at radius 3 is 2.57 bits per heavy atom. The summed E-state index contributed by atoms with van der Waals surface area (Å²) in [6, 6.07) is 21.8. The second-order valence-electron chi connectivity index (χ2n) is 8.18. The van der Waals surface area contributed by atoms with E-state index >= 15 is 0 Å². The van der Waals surface area contributed by atoms with Crippen molar-refractivity contribution >= 4 is 34.9 Å². The van der Waals surface area contributed by atoms with Crippen molar-refractivity contribution in [2.45, 2.75) is 19.9 Å². The molecule has 2 heterocycles. The molecule has 2 aromatic carbocycles. The number of nitrogens with zero attached hydrogens (tertiary/aromatic N) is 3. The highest BCUT2D eigenvalue weighted by molar-refractivity contribution is 7.13. The van der Waals surface area contributed by atoms with Crippen molar-refractivity contribution in [3.8, 4) is 10.6 Å². The Bertz CT molecular complexity index is 1310. The Morgan fingerprint density at radius 2 is 1.83 bits per heavy atom. The van der Waals surface area contributed by atoms with Crippen LogP contribution in [0.2, 0.25) is 0 Å². The lowest BCUT2D eigenvalue weighted by Crippen LogP contribution is -2.34. The zero-order valence-electron chi connectivity index (χ0n) is 19.8. The van der Waals surface area contributed by atoms with Gasteiger partial charge >= 0.3 is 0 Å². The minimum Gasteiger partial charge on any atom is -0.333 e. The van der Waals surface area contributed by atoms with Gasteiger partial charge in [0.25, 0.3) is 0 Å². The van der Waals surface area contributed by atoms with E-state index < -0.39 is 0 Å². The molecule has 178 valence electrons. The van der Waals surface area contributed by atoms with Gasteiger partial charge in [0.05, 0.1) is 18.0 Å². The number of anilines is 1. The highest BCUT2D eigenvalue weighted by atomic mass is 32.1. The molecule has 0 saturated heterocycles. The second kappa shape index (κ2) is 11.4. The smallest absolute Gasteiger partial charge is 0.246 e. The van der Waals surface area contributed by atoms with E-state index in [1.165, 1.54) is 11.0 Å². The monoisotopic (exact) mass is 484 g/mol. The molecule has 0 saturated carbocycles. The molecular weight excluding hydrogens is 456 g/mol. The zero-order valence-corrected chi connectivity index (χ0v) is 20.7. The minimum atomic E-state index is -0.253. The fourth-order valence-corrected chi connectivity index (χ4v) is 4.47. The van der Waals surface area contributed by atoms with Crippen LogP contribution in [0.3, 0.4) is 0 Å². The van der Waals surface area contributed by atoms with E-state index in [-0.39, 0.29) is 18.4 Å². The number of carbonyl (C=O) groups is 2. The predicted octanol–water partition coefficient (Wildman–Crippen LogP) is 5.33. The van der Waals surface area contributed by atoms with Gasteiger partial charge in [-0.3, -0.25) is 14.3 Å². The maximum atomic E-state index is 12.8. The summed E-state index contributed by atoms with van der Waals surface area (Å²) in [4.78, 5) is 27.7. The quantitative estimate of drug-likeness (QED) is 0.327. The molecule has 4 rings (SSSR count). The molecule has 0 unspecified atom stereocenters. The standard InChI is InChI=1S/C28H28N4O2S/c1-3-22-12-7-8-13-24(22)29-26(33)20-31(2)27(34)16-15-23-19-32(18-21-10-5-4-6-11-21)30-28(23)25-14-9-17-35-25/h4-17,19H,3,18,20H2,1-2H3,(H,29,33)/b16-15+. The van der Waals surface area contributed by atoms with Crippen LogP contribution in [0.25, 0.3) is 16.6 Å². The lowest BCUT2D eigenvalue weighted by Gasteiger charge is -2.16. The largest absolute Gasteiger partial charge is 0.333 e. The van der Waals surface area contributed by atoms with Crippen LogP contribution in [-0.4, -0.2) is 40.1 Å². The Morgan fingerprint density at radius 1 is 1.06 bits per heavy atom. The van der Waals surface area contributed by atoms with Gasteiger partial charge < -0.3 is 10.2 Å². The summed E-state index contributed by atoms with van der Waals surface area (Å²) in [5.41, 5.74) is 4.67. The number of thiophene rings is 1. The van der Waals surface area contributed by atoms with Crippen LogP contribution >= 0.6 is 11.3 Å². The number of likely N-dealkylation sites (N-methyl/N-ethyl adjacent to an activating group) is 1. The molecule has 2 aromatic heterocycles. The molecule has 1 N–H and O–H groups in total. The fourth-order valence-electron chi connectivity index (χ4n) is 3.74. The Kier molecular flexibility index (Phi) is 7.90. The summed E-state index contributed by atoms with van der Waals surface area (Å²) in [5, 5.41) is 9.68. The van der Waals surface area contributed by atoms with Crippen LogP contribution in [0.4, 0.5) is 5.69 Å². The highest BCUT2D eigenvalue weighted by Gasteiger charge is 2.14. The van der Waals surface area contributed by atoms with Crippen LogP contribution < -0.4 is 5.32 Å². The van der Waals surface area contributed by atoms with Crippen LogP contribution in [0.1, 0.15) is 23.6 Å². The topological polar surface area (TPSA) is 67.2 Å². The molecule has 0 radical (unpaired) electrons. The lowest BCUT2D eigenvalue weighted by molar-refractivity contribution is -0.129. The van der Waals surface area contributed by atoms with E-state index in [9.17, 15) is 9.59 Å². The summed E-state index contributed by atoms with van der Waals surface area (Å²) in [6.07, 6.45) is 6.03. The minimum absolute atomic E-state index is 0.0354. The highest BCUT2D eigenvalue weighted by Crippen LogP contribution is 2.28. The number of benzene rings is 2. The summed E-state index contributed by atoms with van der Waals surface area (Å²) >= 11 is 1.60. The van der Waals surface area contributed by atoms with Crippen molar-refractivity contribution < 1.29 is 9.59 Å². The van der Waals surface area contributed by atoms with Gasteiger partial charge in [-0.25, -0.2) is 0 Å². The third kappa shape index (κ3) is 6.33. The van der Waals surface area contributed by atoms with E-state index in [0.717, 1.165) is 39.4 Å². The molecule has 0 atom stereocenters. The SMILES string of the molecule is CCc1ccccc1NC(=O)CN(C)C(=O)/C=C/c1cn(Cc2ccccc2)nc1-c1cccs1. The van der Waals surface area contributed by atoms with Crippen molar-refractivity contribution in [3.63, 3.8) is 0 Å². The molecule has 0 bridgehead atoms. The molecule has 7 heteroatoms. The van der Waals surface area contributed by atoms with Gasteiger partial charge in [-0.2, -0.15) is 5.10 Å². The van der Waals surface area contributed by atoms with Crippen molar-refractivity contribution in [2.75, 3.05) is 18.9 Å². The molecule has 6 nitrogen and oxygen atoms in total. The Labute approximate surface area is 209 Å². The molecular formula is C28H28N4O2S. The number of hydrogen-bond donors (Lipinski definition) is 1. The third-order valence-corrected chi connectivity index (χ3v) is 6.44. The van der Waals surface area contributed by atoms with Gasteiger partial charge in [0.1, 0.15) is 5.69 Å². The van der Waals surface area contributed by atoms with Crippen LogP contribution in [0, 0.1) is 0 Å². The third-order valence-electron chi connectivity index (χ3n) is 5.57. The van der Waals surface area contributed by atoms with E-state index in [1.54, 1.807) is 24.5 Å². The van der Waals surface area contributed by atoms with Gasteiger partial charge in [0, 0.05) is 30.6 Å². The van der Waals surface area contributed by atoms with E-state index in [2.05, 4.69) is 17.4 Å². The van der Waals surface area contributed by atoms with Crippen LogP contribution in [0.5, 0.6) is 0 Å².